The highest BCUT2D eigenvalue weighted by Crippen LogP contribution is 2.53. The maximum Gasteiger partial charge on any atom is 0.193 e. The third-order valence-corrected chi connectivity index (χ3v) is 4.89. The molecule has 3 unspecified atom stereocenters. The third-order valence-electron chi connectivity index (χ3n) is 4.89. The normalized spacial score (nSPS) is 30.1. The van der Waals surface area contributed by atoms with Crippen LogP contribution in [0.3, 0.4) is 0 Å². The lowest BCUT2D eigenvalue weighted by Gasteiger charge is -2.58. The number of rotatable bonds is 3. The number of nitrogens with one attached hydrogen (secondary N) is 1. The molecule has 1 aliphatic carbocycles. The highest BCUT2D eigenvalue weighted by molar-refractivity contribution is 5.92. The first-order valence-electron chi connectivity index (χ1n) is 7.88. The molecule has 0 bridgehead atoms. The van der Waals surface area contributed by atoms with Gasteiger partial charge >= 0.3 is 0 Å². The zero-order chi connectivity index (χ0) is 15.7. The van der Waals surface area contributed by atoms with Gasteiger partial charge in [0.25, 0.3) is 0 Å². The monoisotopic (exact) mass is 303 g/mol. The SMILES string of the molecule is COc1cccc(NC(N)=NC2C3CCCOC3C2(C)C)c1. The lowest BCUT2D eigenvalue weighted by Crippen LogP contribution is -2.64. The van der Waals surface area contributed by atoms with Crippen molar-refractivity contribution in [3.05, 3.63) is 24.3 Å². The van der Waals surface area contributed by atoms with E-state index in [0.717, 1.165) is 24.5 Å². The molecule has 1 saturated heterocycles. The summed E-state index contributed by atoms with van der Waals surface area (Å²) in [6.45, 7) is 5.30. The van der Waals surface area contributed by atoms with Crippen LogP contribution < -0.4 is 15.8 Å². The zero-order valence-electron chi connectivity index (χ0n) is 13.5. The molecule has 2 aliphatic rings. The summed E-state index contributed by atoms with van der Waals surface area (Å²) in [6.07, 6.45) is 2.61. The average molecular weight is 303 g/mol. The first-order valence-corrected chi connectivity index (χ1v) is 7.88. The summed E-state index contributed by atoms with van der Waals surface area (Å²) in [5.41, 5.74) is 7.04. The molecule has 0 aromatic heterocycles. The standard InChI is InChI=1S/C17H25N3O2/c1-17(2)14(13-8-5-9-22-15(13)17)20-16(18)19-11-6-4-7-12(10-11)21-3/h4,6-7,10,13-15H,5,8-9H2,1-3H3,(H3,18,19,20). The van der Waals surface area contributed by atoms with Crippen LogP contribution in [0.4, 0.5) is 5.69 Å². The minimum Gasteiger partial charge on any atom is -0.497 e. The van der Waals surface area contributed by atoms with Crippen LogP contribution in [0.5, 0.6) is 5.75 Å². The number of nitrogens with two attached hydrogens (primary N) is 1. The van der Waals surface area contributed by atoms with E-state index in [1.54, 1.807) is 7.11 Å². The number of nitrogens with zero attached hydrogens (tertiary/aromatic N) is 1. The lowest BCUT2D eigenvalue weighted by atomic mass is 9.55. The number of benzene rings is 1. The minimum atomic E-state index is 0.0474. The molecule has 1 aliphatic heterocycles. The summed E-state index contributed by atoms with van der Waals surface area (Å²) >= 11 is 0. The molecule has 1 heterocycles. The summed E-state index contributed by atoms with van der Waals surface area (Å²) in [7, 11) is 1.65. The van der Waals surface area contributed by atoms with E-state index in [1.165, 1.54) is 6.42 Å². The maximum atomic E-state index is 6.11. The fourth-order valence-corrected chi connectivity index (χ4v) is 3.79. The van der Waals surface area contributed by atoms with Crippen LogP contribution in [0.15, 0.2) is 29.3 Å². The van der Waals surface area contributed by atoms with Crippen LogP contribution in [0.25, 0.3) is 0 Å². The summed E-state index contributed by atoms with van der Waals surface area (Å²) < 4.78 is 11.1. The van der Waals surface area contributed by atoms with Crippen molar-refractivity contribution >= 4 is 11.6 Å². The number of fused-ring (bicyclic) bond motifs is 1. The highest BCUT2D eigenvalue weighted by Gasteiger charge is 2.58. The molecule has 1 aromatic carbocycles. The molecule has 3 N–H and O–H groups in total. The fraction of sp³-hybridized carbons (Fsp3) is 0.588. The topological polar surface area (TPSA) is 68.9 Å². The van der Waals surface area contributed by atoms with Crippen LogP contribution in [0.2, 0.25) is 0 Å². The van der Waals surface area contributed by atoms with Crippen molar-refractivity contribution in [3.8, 4) is 5.75 Å². The molecule has 5 nitrogen and oxygen atoms in total. The van der Waals surface area contributed by atoms with Gasteiger partial charge in [-0.2, -0.15) is 0 Å². The summed E-state index contributed by atoms with van der Waals surface area (Å²) in [4.78, 5) is 4.73. The molecule has 120 valence electrons. The molecule has 1 aromatic rings. The van der Waals surface area contributed by atoms with Gasteiger partial charge in [0, 0.05) is 29.7 Å². The molecule has 3 rings (SSSR count). The van der Waals surface area contributed by atoms with E-state index >= 15 is 0 Å². The second-order valence-electron chi connectivity index (χ2n) is 6.73. The molecule has 2 fully saturated rings. The molecule has 0 amide bonds. The Balaban J connectivity index is 1.71. The zero-order valence-corrected chi connectivity index (χ0v) is 13.5. The Morgan fingerprint density at radius 3 is 3.05 bits per heavy atom. The van der Waals surface area contributed by atoms with E-state index in [2.05, 4.69) is 19.2 Å². The molecule has 0 radical (unpaired) electrons. The second-order valence-corrected chi connectivity index (χ2v) is 6.73. The minimum absolute atomic E-state index is 0.0474. The summed E-state index contributed by atoms with van der Waals surface area (Å²) in [5.74, 6) is 1.74. The van der Waals surface area contributed by atoms with Crippen LogP contribution in [0.1, 0.15) is 26.7 Å². The number of aliphatic imine (C=N–C) groups is 1. The van der Waals surface area contributed by atoms with Gasteiger partial charge in [-0.05, 0) is 25.0 Å². The van der Waals surface area contributed by atoms with Gasteiger partial charge in [0.05, 0.1) is 19.3 Å². The Labute approximate surface area is 131 Å². The van der Waals surface area contributed by atoms with Gasteiger partial charge in [0.1, 0.15) is 5.75 Å². The molecule has 5 heteroatoms. The number of guanidine groups is 1. The number of hydrogen-bond donors (Lipinski definition) is 2. The van der Waals surface area contributed by atoms with Gasteiger partial charge in [-0.3, -0.25) is 0 Å². The average Bonchev–Trinajstić information content (AvgIpc) is 2.53. The van der Waals surface area contributed by atoms with Crippen molar-refractivity contribution in [2.45, 2.75) is 38.8 Å². The van der Waals surface area contributed by atoms with Crippen molar-refractivity contribution in [3.63, 3.8) is 0 Å². The van der Waals surface area contributed by atoms with Gasteiger partial charge in [-0.25, -0.2) is 4.99 Å². The van der Waals surface area contributed by atoms with E-state index < -0.39 is 0 Å². The molecule has 1 saturated carbocycles. The van der Waals surface area contributed by atoms with Crippen molar-refractivity contribution in [2.75, 3.05) is 19.0 Å². The smallest absolute Gasteiger partial charge is 0.193 e. The first-order chi connectivity index (χ1) is 10.5. The summed E-state index contributed by atoms with van der Waals surface area (Å²) in [5, 5.41) is 3.16. The quantitative estimate of drug-likeness (QED) is 0.665. The van der Waals surface area contributed by atoms with Gasteiger partial charge in [0.15, 0.2) is 5.96 Å². The van der Waals surface area contributed by atoms with Gasteiger partial charge in [0.2, 0.25) is 0 Å². The second kappa shape index (κ2) is 5.80. The number of methoxy groups -OCH3 is 1. The molecular formula is C17H25N3O2. The predicted molar refractivity (Wildman–Crippen MR) is 88.3 cm³/mol. The van der Waals surface area contributed by atoms with E-state index in [0.29, 0.717) is 18.0 Å². The predicted octanol–water partition coefficient (Wildman–Crippen LogP) is 2.63. The van der Waals surface area contributed by atoms with Crippen molar-refractivity contribution in [1.29, 1.82) is 0 Å². The van der Waals surface area contributed by atoms with Crippen LogP contribution in [-0.2, 0) is 4.74 Å². The van der Waals surface area contributed by atoms with Crippen LogP contribution in [-0.4, -0.2) is 31.8 Å². The third kappa shape index (κ3) is 2.65. The van der Waals surface area contributed by atoms with Gasteiger partial charge < -0.3 is 20.5 Å². The number of hydrogen-bond acceptors (Lipinski definition) is 3. The van der Waals surface area contributed by atoms with Crippen LogP contribution in [0, 0.1) is 11.3 Å². The Bertz CT molecular complexity index is 571. The van der Waals surface area contributed by atoms with Gasteiger partial charge in [-0.15, -0.1) is 0 Å². The van der Waals surface area contributed by atoms with Gasteiger partial charge in [-0.1, -0.05) is 19.9 Å². The molecule has 0 spiro atoms. The van der Waals surface area contributed by atoms with Crippen molar-refractivity contribution < 1.29 is 9.47 Å². The summed E-state index contributed by atoms with van der Waals surface area (Å²) in [6, 6.07) is 7.89. The Morgan fingerprint density at radius 1 is 1.45 bits per heavy atom. The fourth-order valence-electron chi connectivity index (χ4n) is 3.79. The largest absolute Gasteiger partial charge is 0.497 e. The lowest BCUT2D eigenvalue weighted by molar-refractivity contribution is -0.182. The van der Waals surface area contributed by atoms with Crippen molar-refractivity contribution in [2.24, 2.45) is 22.1 Å². The Morgan fingerprint density at radius 2 is 2.27 bits per heavy atom. The number of ether oxygens (including phenoxy) is 2. The highest BCUT2D eigenvalue weighted by atomic mass is 16.5. The van der Waals surface area contributed by atoms with E-state index in [-0.39, 0.29) is 11.5 Å². The van der Waals surface area contributed by atoms with E-state index in [4.69, 9.17) is 20.2 Å². The Hall–Kier alpha value is -1.75. The Kier molecular flexibility index (Phi) is 4.00. The number of anilines is 1. The molecular weight excluding hydrogens is 278 g/mol. The molecule has 3 atom stereocenters. The van der Waals surface area contributed by atoms with E-state index in [1.807, 2.05) is 24.3 Å². The van der Waals surface area contributed by atoms with Crippen LogP contribution >= 0.6 is 0 Å². The molecule has 22 heavy (non-hydrogen) atoms. The van der Waals surface area contributed by atoms with E-state index in [9.17, 15) is 0 Å². The maximum absolute atomic E-state index is 6.11. The van der Waals surface area contributed by atoms with Crippen molar-refractivity contribution in [1.82, 2.24) is 0 Å². The first kappa shape index (κ1) is 15.2.